The first-order valence-electron chi connectivity index (χ1n) is 5.70. The number of hydrogen-bond donors (Lipinski definition) is 3. The molecule has 0 unspecified atom stereocenters. The third kappa shape index (κ3) is 1.52. The fourth-order valence-corrected chi connectivity index (χ4v) is 2.35. The number of nitrogens with one attached hydrogen (secondary N) is 1. The second-order valence-corrected chi connectivity index (χ2v) is 4.37. The summed E-state index contributed by atoms with van der Waals surface area (Å²) in [7, 11) is 0. The lowest BCUT2D eigenvalue weighted by molar-refractivity contribution is 0.205. The minimum atomic E-state index is -0.348. The Balaban J connectivity index is 2.18. The quantitative estimate of drug-likeness (QED) is 0.637. The van der Waals surface area contributed by atoms with Crippen LogP contribution in [0.1, 0.15) is 12.5 Å². The number of nitrogens with two attached hydrogens (primary N) is 1. The van der Waals surface area contributed by atoms with Gasteiger partial charge in [0.25, 0.3) is 5.56 Å². The number of aromatic amines is 1. The van der Waals surface area contributed by atoms with Gasteiger partial charge in [0.15, 0.2) is 11.2 Å². The molecule has 0 saturated heterocycles. The minimum Gasteiger partial charge on any atom is -0.396 e. The van der Waals surface area contributed by atoms with Crippen molar-refractivity contribution in [3.63, 3.8) is 0 Å². The molecule has 0 amide bonds. The van der Waals surface area contributed by atoms with E-state index >= 15 is 0 Å². The molecular weight excluding hydrogens is 234 g/mol. The number of aliphatic hydroxyl groups excluding tert-OH is 1. The van der Waals surface area contributed by atoms with Gasteiger partial charge in [-0.05, 0) is 6.42 Å². The number of hydrogen-bond acceptors (Lipinski definition) is 5. The lowest BCUT2D eigenvalue weighted by atomic mass is 10.0. The molecule has 1 aliphatic rings. The number of anilines is 1. The van der Waals surface area contributed by atoms with Crippen LogP contribution in [0.2, 0.25) is 0 Å². The number of imidazole rings is 1. The van der Waals surface area contributed by atoms with Gasteiger partial charge in [-0.2, -0.15) is 4.98 Å². The molecular formula is C11H13N5O2. The largest absolute Gasteiger partial charge is 0.396 e. The molecule has 0 saturated carbocycles. The van der Waals surface area contributed by atoms with E-state index < -0.39 is 0 Å². The Bertz CT molecular complexity index is 672. The molecule has 94 valence electrons. The lowest BCUT2D eigenvalue weighted by Crippen LogP contribution is -2.18. The number of aromatic nitrogens is 4. The molecule has 0 fully saturated rings. The number of H-pyrrole nitrogens is 1. The van der Waals surface area contributed by atoms with Gasteiger partial charge in [0.1, 0.15) is 0 Å². The molecule has 1 aliphatic carbocycles. The summed E-state index contributed by atoms with van der Waals surface area (Å²) in [5, 5.41) is 9.33. The summed E-state index contributed by atoms with van der Waals surface area (Å²) in [5.74, 6) is 0.154. The zero-order chi connectivity index (χ0) is 12.7. The van der Waals surface area contributed by atoms with Crippen molar-refractivity contribution in [3.05, 3.63) is 28.8 Å². The topological polar surface area (TPSA) is 110 Å². The first-order chi connectivity index (χ1) is 8.70. The van der Waals surface area contributed by atoms with E-state index in [4.69, 9.17) is 5.73 Å². The van der Waals surface area contributed by atoms with E-state index in [9.17, 15) is 9.90 Å². The average molecular weight is 247 g/mol. The molecule has 2 aromatic rings. The molecule has 0 aromatic carbocycles. The maximum Gasteiger partial charge on any atom is 0.280 e. The highest BCUT2D eigenvalue weighted by molar-refractivity contribution is 5.70. The van der Waals surface area contributed by atoms with Gasteiger partial charge in [0.2, 0.25) is 5.95 Å². The van der Waals surface area contributed by atoms with Gasteiger partial charge < -0.3 is 15.4 Å². The third-order valence-corrected chi connectivity index (χ3v) is 3.26. The standard InChI is InChI=1S/C11H13N5O2/c12-11-14-9-8(10(18)15-11)13-5-16(9)7-3-1-2-6(7)4-17/h1,3,5-7,17H,2,4H2,(H3,12,14,15,18)/t6-,7-/m0/s1. The molecule has 7 heteroatoms. The Hall–Kier alpha value is -2.15. The predicted octanol–water partition coefficient (Wildman–Crippen LogP) is -0.189. The molecule has 0 bridgehead atoms. The van der Waals surface area contributed by atoms with E-state index in [1.807, 2.05) is 12.2 Å². The van der Waals surface area contributed by atoms with E-state index in [2.05, 4.69) is 15.0 Å². The van der Waals surface area contributed by atoms with Crippen LogP contribution in [-0.4, -0.2) is 31.2 Å². The van der Waals surface area contributed by atoms with E-state index in [-0.39, 0.29) is 35.6 Å². The van der Waals surface area contributed by atoms with Crippen molar-refractivity contribution in [2.24, 2.45) is 5.92 Å². The van der Waals surface area contributed by atoms with Crippen LogP contribution in [0.15, 0.2) is 23.3 Å². The molecule has 4 N–H and O–H groups in total. The number of nitrogens with zero attached hydrogens (tertiary/aromatic N) is 3. The molecule has 3 rings (SSSR count). The minimum absolute atomic E-state index is 0.0336. The van der Waals surface area contributed by atoms with Crippen LogP contribution < -0.4 is 11.3 Å². The van der Waals surface area contributed by atoms with E-state index in [1.165, 1.54) is 0 Å². The van der Waals surface area contributed by atoms with Crippen LogP contribution in [0.25, 0.3) is 11.2 Å². The first-order valence-corrected chi connectivity index (χ1v) is 5.70. The molecule has 0 radical (unpaired) electrons. The summed E-state index contributed by atoms with van der Waals surface area (Å²) in [6, 6.07) is -0.0336. The van der Waals surface area contributed by atoms with Crippen molar-refractivity contribution in [1.29, 1.82) is 0 Å². The molecule has 2 heterocycles. The second kappa shape index (κ2) is 3.95. The van der Waals surface area contributed by atoms with Crippen molar-refractivity contribution in [1.82, 2.24) is 19.5 Å². The Kier molecular flexibility index (Phi) is 2.41. The van der Waals surface area contributed by atoms with Gasteiger partial charge in [-0.3, -0.25) is 9.78 Å². The highest BCUT2D eigenvalue weighted by atomic mass is 16.3. The van der Waals surface area contributed by atoms with Crippen molar-refractivity contribution >= 4 is 17.1 Å². The molecule has 2 aromatic heterocycles. The van der Waals surface area contributed by atoms with Crippen molar-refractivity contribution in [3.8, 4) is 0 Å². The van der Waals surface area contributed by atoms with Gasteiger partial charge in [0, 0.05) is 12.5 Å². The molecule has 2 atom stereocenters. The van der Waals surface area contributed by atoms with Crippen molar-refractivity contribution in [2.75, 3.05) is 12.3 Å². The fraction of sp³-hybridized carbons (Fsp3) is 0.364. The van der Waals surface area contributed by atoms with Crippen LogP contribution in [-0.2, 0) is 0 Å². The lowest BCUT2D eigenvalue weighted by Gasteiger charge is -2.18. The average Bonchev–Trinajstić information content (AvgIpc) is 2.93. The molecule has 0 aliphatic heterocycles. The van der Waals surface area contributed by atoms with Crippen LogP contribution >= 0.6 is 0 Å². The smallest absolute Gasteiger partial charge is 0.280 e. The van der Waals surface area contributed by atoms with Gasteiger partial charge >= 0.3 is 0 Å². The summed E-state index contributed by atoms with van der Waals surface area (Å²) < 4.78 is 1.78. The summed E-state index contributed by atoms with van der Waals surface area (Å²) >= 11 is 0. The van der Waals surface area contributed by atoms with Crippen LogP contribution in [0.3, 0.4) is 0 Å². The maximum absolute atomic E-state index is 11.7. The fourth-order valence-electron chi connectivity index (χ4n) is 2.35. The van der Waals surface area contributed by atoms with Gasteiger partial charge in [-0.1, -0.05) is 12.2 Å². The van der Waals surface area contributed by atoms with E-state index in [1.54, 1.807) is 10.9 Å². The number of fused-ring (bicyclic) bond motifs is 1. The first kappa shape index (κ1) is 11.0. The summed E-state index contributed by atoms with van der Waals surface area (Å²) in [4.78, 5) is 22.2. The number of aliphatic hydroxyl groups is 1. The summed E-state index contributed by atoms with van der Waals surface area (Å²) in [6.07, 6.45) is 6.36. The number of rotatable bonds is 2. The predicted molar refractivity (Wildman–Crippen MR) is 65.9 cm³/mol. The zero-order valence-electron chi connectivity index (χ0n) is 9.58. The van der Waals surface area contributed by atoms with E-state index in [0.29, 0.717) is 5.65 Å². The zero-order valence-corrected chi connectivity index (χ0v) is 9.58. The van der Waals surface area contributed by atoms with Crippen molar-refractivity contribution < 1.29 is 5.11 Å². The highest BCUT2D eigenvalue weighted by Gasteiger charge is 2.25. The number of allylic oxidation sites excluding steroid dienone is 2. The SMILES string of the molecule is Nc1nc2c(ncn2[C@H]2C=CC[C@H]2CO)c(=O)[nH]1. The Morgan fingerprint density at radius 2 is 2.44 bits per heavy atom. The second-order valence-electron chi connectivity index (χ2n) is 4.37. The monoisotopic (exact) mass is 247 g/mol. The normalized spacial score (nSPS) is 22.9. The maximum atomic E-state index is 11.7. The van der Waals surface area contributed by atoms with Crippen LogP contribution in [0, 0.1) is 5.92 Å². The van der Waals surface area contributed by atoms with E-state index in [0.717, 1.165) is 6.42 Å². The third-order valence-electron chi connectivity index (χ3n) is 3.26. The van der Waals surface area contributed by atoms with Gasteiger partial charge in [0.05, 0.1) is 12.4 Å². The highest BCUT2D eigenvalue weighted by Crippen LogP contribution is 2.30. The van der Waals surface area contributed by atoms with Gasteiger partial charge in [-0.25, -0.2) is 4.98 Å². The molecule has 18 heavy (non-hydrogen) atoms. The Morgan fingerprint density at radius 3 is 3.22 bits per heavy atom. The summed E-state index contributed by atoms with van der Waals surface area (Å²) in [6.45, 7) is 0.0794. The number of nitrogen functional groups attached to an aromatic ring is 1. The van der Waals surface area contributed by atoms with Gasteiger partial charge in [-0.15, -0.1) is 0 Å². The van der Waals surface area contributed by atoms with Crippen LogP contribution in [0.4, 0.5) is 5.95 Å². The molecule has 0 spiro atoms. The van der Waals surface area contributed by atoms with Crippen molar-refractivity contribution in [2.45, 2.75) is 12.5 Å². The summed E-state index contributed by atoms with van der Waals surface area (Å²) in [5.41, 5.74) is 5.91. The Labute approximate surface area is 102 Å². The Morgan fingerprint density at radius 1 is 1.61 bits per heavy atom. The van der Waals surface area contributed by atoms with Crippen LogP contribution in [0.5, 0.6) is 0 Å². The molecule has 7 nitrogen and oxygen atoms in total.